The Morgan fingerprint density at radius 2 is 2.67 bits per heavy atom. The van der Waals surface area contributed by atoms with E-state index >= 15 is 0 Å². The van der Waals surface area contributed by atoms with Crippen LogP contribution in [0.2, 0.25) is 0 Å². The molecule has 0 aromatic carbocycles. The zero-order valence-corrected chi connectivity index (χ0v) is 7.03. The van der Waals surface area contributed by atoms with Crippen LogP contribution in [-0.2, 0) is 6.54 Å². The van der Waals surface area contributed by atoms with Gasteiger partial charge in [-0.25, -0.2) is 0 Å². The summed E-state index contributed by atoms with van der Waals surface area (Å²) in [4.78, 5) is 2.36. The average molecular weight is 166 g/mol. The Labute approximate surface area is 71.7 Å². The molecule has 0 aliphatic carbocycles. The molecule has 2 heterocycles. The van der Waals surface area contributed by atoms with E-state index in [4.69, 9.17) is 5.73 Å². The zero-order valence-electron chi connectivity index (χ0n) is 7.03. The molecule has 1 aliphatic rings. The molecular formula is C8H14N4. The first-order chi connectivity index (χ1) is 5.84. The van der Waals surface area contributed by atoms with E-state index in [0.717, 1.165) is 26.1 Å². The van der Waals surface area contributed by atoms with Crippen molar-refractivity contribution < 1.29 is 0 Å². The maximum absolute atomic E-state index is 5.79. The molecule has 1 fully saturated rings. The molecule has 0 bridgehead atoms. The highest BCUT2D eigenvalue weighted by atomic mass is 15.2. The van der Waals surface area contributed by atoms with Crippen LogP contribution in [0.5, 0.6) is 0 Å². The lowest BCUT2D eigenvalue weighted by atomic mass is 10.3. The second kappa shape index (κ2) is 3.25. The van der Waals surface area contributed by atoms with Gasteiger partial charge in [0.05, 0.1) is 6.20 Å². The van der Waals surface area contributed by atoms with Gasteiger partial charge < -0.3 is 5.73 Å². The SMILES string of the molecule is N[C@@H]1CCN(Cc2cn[nH]c2)C1. The fourth-order valence-electron chi connectivity index (χ4n) is 1.63. The number of likely N-dealkylation sites (tertiary alicyclic amines) is 1. The summed E-state index contributed by atoms with van der Waals surface area (Å²) in [5, 5.41) is 6.71. The molecule has 0 amide bonds. The number of aromatic nitrogens is 2. The Morgan fingerprint density at radius 1 is 1.75 bits per heavy atom. The average Bonchev–Trinajstić information content (AvgIpc) is 2.63. The van der Waals surface area contributed by atoms with E-state index in [1.807, 2.05) is 12.4 Å². The van der Waals surface area contributed by atoms with E-state index in [1.165, 1.54) is 5.56 Å². The molecule has 1 aromatic heterocycles. The Kier molecular flexibility index (Phi) is 2.10. The van der Waals surface area contributed by atoms with Crippen LogP contribution in [0.15, 0.2) is 12.4 Å². The van der Waals surface area contributed by atoms with Crippen molar-refractivity contribution in [1.29, 1.82) is 0 Å². The van der Waals surface area contributed by atoms with Crippen molar-refractivity contribution in [2.24, 2.45) is 5.73 Å². The van der Waals surface area contributed by atoms with Gasteiger partial charge in [0.2, 0.25) is 0 Å². The van der Waals surface area contributed by atoms with Crippen molar-refractivity contribution in [1.82, 2.24) is 15.1 Å². The lowest BCUT2D eigenvalue weighted by Crippen LogP contribution is -2.26. The first-order valence-electron chi connectivity index (χ1n) is 4.30. The number of hydrogen-bond acceptors (Lipinski definition) is 3. The second-order valence-electron chi connectivity index (χ2n) is 3.39. The predicted octanol–water partition coefficient (Wildman–Crippen LogP) is -0.0573. The maximum atomic E-state index is 5.79. The van der Waals surface area contributed by atoms with Crippen molar-refractivity contribution in [3.8, 4) is 0 Å². The van der Waals surface area contributed by atoms with Crippen LogP contribution in [0.25, 0.3) is 0 Å². The molecule has 1 aliphatic heterocycles. The zero-order chi connectivity index (χ0) is 8.39. The molecule has 2 rings (SSSR count). The lowest BCUT2D eigenvalue weighted by molar-refractivity contribution is 0.327. The monoisotopic (exact) mass is 166 g/mol. The van der Waals surface area contributed by atoms with Crippen molar-refractivity contribution in [3.05, 3.63) is 18.0 Å². The molecule has 0 saturated carbocycles. The minimum Gasteiger partial charge on any atom is -0.326 e. The van der Waals surface area contributed by atoms with E-state index in [9.17, 15) is 0 Å². The van der Waals surface area contributed by atoms with E-state index in [1.54, 1.807) is 0 Å². The number of hydrogen-bond donors (Lipinski definition) is 2. The van der Waals surface area contributed by atoms with Gasteiger partial charge >= 0.3 is 0 Å². The lowest BCUT2D eigenvalue weighted by Gasteiger charge is -2.12. The normalized spacial score (nSPS) is 24.9. The third kappa shape index (κ3) is 1.65. The van der Waals surface area contributed by atoms with Crippen LogP contribution < -0.4 is 5.73 Å². The number of nitrogens with zero attached hydrogens (tertiary/aromatic N) is 2. The first-order valence-corrected chi connectivity index (χ1v) is 4.30. The number of H-pyrrole nitrogens is 1. The van der Waals surface area contributed by atoms with Crippen molar-refractivity contribution in [3.63, 3.8) is 0 Å². The summed E-state index contributed by atoms with van der Waals surface area (Å²) in [7, 11) is 0. The van der Waals surface area contributed by atoms with Gasteiger partial charge in [-0.15, -0.1) is 0 Å². The van der Waals surface area contributed by atoms with Crippen molar-refractivity contribution in [2.45, 2.75) is 19.0 Å². The van der Waals surface area contributed by atoms with E-state index in [2.05, 4.69) is 15.1 Å². The molecule has 4 nitrogen and oxygen atoms in total. The van der Waals surface area contributed by atoms with Crippen LogP contribution in [0.1, 0.15) is 12.0 Å². The van der Waals surface area contributed by atoms with Gasteiger partial charge in [0, 0.05) is 37.4 Å². The van der Waals surface area contributed by atoms with Crippen LogP contribution in [0.4, 0.5) is 0 Å². The molecule has 1 aromatic rings. The van der Waals surface area contributed by atoms with Gasteiger partial charge in [-0.3, -0.25) is 10.00 Å². The van der Waals surface area contributed by atoms with Gasteiger partial charge in [-0.05, 0) is 6.42 Å². The van der Waals surface area contributed by atoms with E-state index in [0.29, 0.717) is 6.04 Å². The molecule has 1 saturated heterocycles. The minimum absolute atomic E-state index is 0.372. The second-order valence-corrected chi connectivity index (χ2v) is 3.39. The third-order valence-electron chi connectivity index (χ3n) is 2.27. The summed E-state index contributed by atoms with van der Waals surface area (Å²) in [6.07, 6.45) is 4.92. The molecule has 66 valence electrons. The number of aromatic amines is 1. The smallest absolute Gasteiger partial charge is 0.0532 e. The largest absolute Gasteiger partial charge is 0.326 e. The van der Waals surface area contributed by atoms with Crippen LogP contribution in [-0.4, -0.2) is 34.2 Å². The van der Waals surface area contributed by atoms with Gasteiger partial charge in [-0.1, -0.05) is 0 Å². The van der Waals surface area contributed by atoms with Crippen molar-refractivity contribution >= 4 is 0 Å². The summed E-state index contributed by atoms with van der Waals surface area (Å²) in [6, 6.07) is 0.372. The molecule has 12 heavy (non-hydrogen) atoms. The van der Waals surface area contributed by atoms with E-state index in [-0.39, 0.29) is 0 Å². The Morgan fingerprint density at radius 3 is 3.25 bits per heavy atom. The van der Waals surface area contributed by atoms with Crippen LogP contribution >= 0.6 is 0 Å². The highest BCUT2D eigenvalue weighted by molar-refractivity contribution is 5.02. The third-order valence-corrected chi connectivity index (χ3v) is 2.27. The topological polar surface area (TPSA) is 57.9 Å². The Balaban J connectivity index is 1.88. The maximum Gasteiger partial charge on any atom is 0.0532 e. The van der Waals surface area contributed by atoms with Gasteiger partial charge in [0.25, 0.3) is 0 Å². The fraction of sp³-hybridized carbons (Fsp3) is 0.625. The number of rotatable bonds is 2. The summed E-state index contributed by atoms with van der Waals surface area (Å²) in [6.45, 7) is 3.11. The Bertz CT molecular complexity index is 231. The van der Waals surface area contributed by atoms with E-state index < -0.39 is 0 Å². The molecule has 0 spiro atoms. The van der Waals surface area contributed by atoms with Crippen LogP contribution in [0, 0.1) is 0 Å². The van der Waals surface area contributed by atoms with Gasteiger partial charge in [0.15, 0.2) is 0 Å². The number of nitrogens with one attached hydrogen (secondary N) is 1. The first kappa shape index (κ1) is 7.76. The van der Waals surface area contributed by atoms with Crippen molar-refractivity contribution in [2.75, 3.05) is 13.1 Å². The standard InChI is InChI=1S/C8H14N4/c9-8-1-2-12(6-8)5-7-3-10-11-4-7/h3-4,8H,1-2,5-6,9H2,(H,10,11)/t8-/m1/s1. The molecule has 3 N–H and O–H groups in total. The summed E-state index contributed by atoms with van der Waals surface area (Å²) in [5.74, 6) is 0. The summed E-state index contributed by atoms with van der Waals surface area (Å²) < 4.78 is 0. The highest BCUT2D eigenvalue weighted by Gasteiger charge is 2.18. The molecule has 0 radical (unpaired) electrons. The molecule has 1 atom stereocenters. The summed E-state index contributed by atoms with van der Waals surface area (Å²) >= 11 is 0. The predicted molar refractivity (Wildman–Crippen MR) is 46.5 cm³/mol. The summed E-state index contributed by atoms with van der Waals surface area (Å²) in [5.41, 5.74) is 7.03. The highest BCUT2D eigenvalue weighted by Crippen LogP contribution is 2.10. The quantitative estimate of drug-likeness (QED) is 0.647. The Hall–Kier alpha value is -0.870. The molecular weight excluding hydrogens is 152 g/mol. The molecule has 4 heteroatoms. The fourth-order valence-corrected chi connectivity index (χ4v) is 1.63. The number of nitrogens with two attached hydrogens (primary N) is 1. The molecule has 0 unspecified atom stereocenters. The van der Waals surface area contributed by atoms with Crippen LogP contribution in [0.3, 0.4) is 0 Å². The van der Waals surface area contributed by atoms with Gasteiger partial charge in [-0.2, -0.15) is 5.10 Å². The van der Waals surface area contributed by atoms with Gasteiger partial charge in [0.1, 0.15) is 0 Å². The minimum atomic E-state index is 0.372.